The molecule has 2 aliphatic heterocycles. The topological polar surface area (TPSA) is 102 Å². The summed E-state index contributed by atoms with van der Waals surface area (Å²) in [7, 11) is 1.46. The van der Waals surface area contributed by atoms with E-state index in [0.717, 1.165) is 5.56 Å². The molecule has 1 saturated heterocycles. The molecule has 1 fully saturated rings. The lowest BCUT2D eigenvalue weighted by atomic mass is 10.0. The molecule has 9 heteroatoms. The molecular weight excluding hydrogens is 425 g/mol. The summed E-state index contributed by atoms with van der Waals surface area (Å²) in [5.74, 6) is 0.264. The molecule has 8 nitrogen and oxygen atoms in total. The van der Waals surface area contributed by atoms with Crippen molar-refractivity contribution in [1.29, 1.82) is 0 Å². The van der Waals surface area contributed by atoms with Gasteiger partial charge < -0.3 is 10.5 Å². The van der Waals surface area contributed by atoms with Crippen molar-refractivity contribution in [3.63, 3.8) is 0 Å². The van der Waals surface area contributed by atoms with E-state index in [1.165, 1.54) is 24.3 Å². The van der Waals surface area contributed by atoms with Gasteiger partial charge in [0, 0.05) is 23.9 Å². The normalized spacial score (nSPS) is 17.6. The van der Waals surface area contributed by atoms with Crippen LogP contribution in [-0.4, -0.2) is 41.5 Å². The van der Waals surface area contributed by atoms with Crippen LogP contribution in [0.3, 0.4) is 0 Å². The Morgan fingerprint density at radius 1 is 1.15 bits per heavy atom. The lowest BCUT2D eigenvalue weighted by molar-refractivity contribution is -0.118. The van der Waals surface area contributed by atoms with Gasteiger partial charge in [-0.2, -0.15) is 0 Å². The molecule has 1 aromatic carbocycles. The van der Waals surface area contributed by atoms with Crippen LogP contribution in [0.4, 0.5) is 16.0 Å². The van der Waals surface area contributed by atoms with Gasteiger partial charge in [0.25, 0.3) is 5.91 Å². The van der Waals surface area contributed by atoms with E-state index in [0.29, 0.717) is 47.2 Å². The minimum absolute atomic E-state index is 0.165. The van der Waals surface area contributed by atoms with Crippen LogP contribution >= 0.6 is 0 Å². The number of aromatic nitrogens is 2. The Labute approximate surface area is 189 Å². The zero-order valence-electron chi connectivity index (χ0n) is 18.2. The van der Waals surface area contributed by atoms with Crippen molar-refractivity contribution in [1.82, 2.24) is 9.97 Å². The Balaban J connectivity index is 1.56. The first-order chi connectivity index (χ1) is 15.9. The van der Waals surface area contributed by atoms with Crippen molar-refractivity contribution in [2.45, 2.75) is 25.9 Å². The Hall–Kier alpha value is -3.85. The molecule has 168 valence electrons. The average Bonchev–Trinajstić information content (AvgIpc) is 3.32. The number of fused-ring (bicyclic) bond motifs is 1. The van der Waals surface area contributed by atoms with Gasteiger partial charge in [0.05, 0.1) is 31.0 Å². The molecule has 0 spiro atoms. The summed E-state index contributed by atoms with van der Waals surface area (Å²) < 4.78 is 20.1. The number of hydrogen-bond acceptors (Lipinski definition) is 6. The number of halogens is 1. The smallest absolute Gasteiger partial charge is 0.260 e. The largest absolute Gasteiger partial charge is 0.496 e. The molecule has 2 amide bonds. The molecular formula is C24H22FN5O3. The molecule has 3 aromatic rings. The van der Waals surface area contributed by atoms with Gasteiger partial charge in [0.15, 0.2) is 0 Å². The summed E-state index contributed by atoms with van der Waals surface area (Å²) in [5, 5.41) is 0. The molecule has 1 unspecified atom stereocenters. The molecule has 0 saturated carbocycles. The number of nitrogens with two attached hydrogens (primary N) is 1. The first-order valence-corrected chi connectivity index (χ1v) is 10.6. The molecule has 5 rings (SSSR count). The summed E-state index contributed by atoms with van der Waals surface area (Å²) in [6.07, 6.45) is 2.04. The number of pyridine rings is 2. The summed E-state index contributed by atoms with van der Waals surface area (Å²) >= 11 is 0. The fraction of sp³-hybridized carbons (Fsp3) is 0.250. The fourth-order valence-electron chi connectivity index (χ4n) is 4.37. The van der Waals surface area contributed by atoms with Gasteiger partial charge >= 0.3 is 0 Å². The fourth-order valence-corrected chi connectivity index (χ4v) is 4.37. The predicted octanol–water partition coefficient (Wildman–Crippen LogP) is 2.82. The molecule has 4 heterocycles. The van der Waals surface area contributed by atoms with Gasteiger partial charge in [-0.05, 0) is 49.2 Å². The van der Waals surface area contributed by atoms with Crippen LogP contribution in [0.2, 0.25) is 0 Å². The summed E-state index contributed by atoms with van der Waals surface area (Å²) in [6.45, 7) is 2.52. The van der Waals surface area contributed by atoms with Crippen LogP contribution < -0.4 is 20.3 Å². The SMILES string of the molecule is COc1cccc(F)c1-c1nccc2c1CN(c1cc(C)cc(N3CCC(N)C3=O)n1)C2=O. The van der Waals surface area contributed by atoms with Crippen molar-refractivity contribution in [3.05, 3.63) is 65.1 Å². The Morgan fingerprint density at radius 2 is 1.91 bits per heavy atom. The number of amides is 2. The molecule has 2 aliphatic rings. The highest BCUT2D eigenvalue weighted by molar-refractivity contribution is 6.11. The third-order valence-electron chi connectivity index (χ3n) is 6.02. The lowest BCUT2D eigenvalue weighted by Crippen LogP contribution is -2.35. The Morgan fingerprint density at radius 3 is 2.61 bits per heavy atom. The second-order valence-electron chi connectivity index (χ2n) is 8.14. The molecule has 2 aromatic heterocycles. The van der Waals surface area contributed by atoms with Crippen LogP contribution in [0.1, 0.15) is 27.9 Å². The van der Waals surface area contributed by atoms with E-state index >= 15 is 0 Å². The van der Waals surface area contributed by atoms with Gasteiger partial charge in [0.1, 0.15) is 23.2 Å². The lowest BCUT2D eigenvalue weighted by Gasteiger charge is -2.20. The van der Waals surface area contributed by atoms with E-state index < -0.39 is 11.9 Å². The van der Waals surface area contributed by atoms with E-state index in [2.05, 4.69) is 9.97 Å². The van der Waals surface area contributed by atoms with Crippen molar-refractivity contribution >= 4 is 23.5 Å². The molecule has 33 heavy (non-hydrogen) atoms. The van der Waals surface area contributed by atoms with Crippen LogP contribution in [0.25, 0.3) is 11.3 Å². The summed E-state index contributed by atoms with van der Waals surface area (Å²) in [6, 6.07) is 9.20. The molecule has 0 bridgehead atoms. The van der Waals surface area contributed by atoms with Crippen LogP contribution in [-0.2, 0) is 11.3 Å². The first-order valence-electron chi connectivity index (χ1n) is 10.6. The van der Waals surface area contributed by atoms with Gasteiger partial charge in [-0.3, -0.25) is 24.4 Å². The maximum atomic E-state index is 14.8. The minimum Gasteiger partial charge on any atom is -0.496 e. The number of ether oxygens (including phenoxy) is 1. The maximum Gasteiger partial charge on any atom is 0.260 e. The van der Waals surface area contributed by atoms with E-state index in [-0.39, 0.29) is 23.9 Å². The highest BCUT2D eigenvalue weighted by Crippen LogP contribution is 2.39. The third kappa shape index (κ3) is 3.41. The van der Waals surface area contributed by atoms with Crippen LogP contribution in [0, 0.1) is 12.7 Å². The standard InChI is InChI=1S/C24H22FN5O3/c1-13-10-19(29-9-7-17(26)24(29)32)28-20(11-13)30-12-15-14(23(30)31)6-8-27-22(15)21-16(25)4-3-5-18(21)33-2/h3-6,8,10-11,17H,7,9,12,26H2,1-2H3. The van der Waals surface area contributed by atoms with Crippen molar-refractivity contribution < 1.29 is 18.7 Å². The van der Waals surface area contributed by atoms with E-state index in [9.17, 15) is 14.0 Å². The van der Waals surface area contributed by atoms with E-state index in [4.69, 9.17) is 10.5 Å². The second kappa shape index (κ2) is 7.93. The number of anilines is 2. The molecule has 1 atom stereocenters. The molecule has 0 aliphatic carbocycles. The monoisotopic (exact) mass is 447 g/mol. The average molecular weight is 447 g/mol. The zero-order chi connectivity index (χ0) is 23.3. The summed E-state index contributed by atoms with van der Waals surface area (Å²) in [4.78, 5) is 37.8. The Kier molecular flexibility index (Phi) is 5.05. The van der Waals surface area contributed by atoms with Crippen LogP contribution in [0.15, 0.2) is 42.6 Å². The highest BCUT2D eigenvalue weighted by atomic mass is 19.1. The van der Waals surface area contributed by atoms with Gasteiger partial charge in [0.2, 0.25) is 5.91 Å². The van der Waals surface area contributed by atoms with Crippen LogP contribution in [0.5, 0.6) is 5.75 Å². The van der Waals surface area contributed by atoms with E-state index in [1.54, 1.807) is 35.2 Å². The van der Waals surface area contributed by atoms with Gasteiger partial charge in [-0.25, -0.2) is 9.37 Å². The quantitative estimate of drug-likeness (QED) is 0.660. The summed E-state index contributed by atoms with van der Waals surface area (Å²) in [5.41, 5.74) is 8.29. The number of carbonyl (C=O) groups is 2. The number of methoxy groups -OCH3 is 1. The molecule has 2 N–H and O–H groups in total. The maximum absolute atomic E-state index is 14.8. The zero-order valence-corrected chi connectivity index (χ0v) is 18.2. The number of aryl methyl sites for hydroxylation is 1. The molecule has 0 radical (unpaired) electrons. The number of carbonyl (C=O) groups excluding carboxylic acids is 2. The number of hydrogen-bond donors (Lipinski definition) is 1. The number of benzene rings is 1. The predicted molar refractivity (Wildman–Crippen MR) is 121 cm³/mol. The van der Waals surface area contributed by atoms with E-state index in [1.807, 2.05) is 6.92 Å². The Bertz CT molecular complexity index is 1300. The van der Waals surface area contributed by atoms with Crippen molar-refractivity contribution in [2.75, 3.05) is 23.5 Å². The first kappa shape index (κ1) is 21.0. The van der Waals surface area contributed by atoms with Gasteiger partial charge in [-0.15, -0.1) is 0 Å². The third-order valence-corrected chi connectivity index (χ3v) is 6.02. The van der Waals surface area contributed by atoms with Crippen molar-refractivity contribution in [3.8, 4) is 17.0 Å². The van der Waals surface area contributed by atoms with Crippen molar-refractivity contribution in [2.24, 2.45) is 5.73 Å². The highest BCUT2D eigenvalue weighted by Gasteiger charge is 2.35. The minimum atomic E-state index is -0.544. The number of rotatable bonds is 4. The number of nitrogens with zero attached hydrogens (tertiary/aromatic N) is 4. The van der Waals surface area contributed by atoms with Gasteiger partial charge in [-0.1, -0.05) is 6.07 Å². The second-order valence-corrected chi connectivity index (χ2v) is 8.14.